The number of aryl methyl sites for hydroxylation is 1. The molecular formula is C20H22N4O3. The molecule has 2 heterocycles. The normalized spacial score (nSPS) is 10.4. The maximum Gasteiger partial charge on any atom is 0.164 e. The van der Waals surface area contributed by atoms with Crippen LogP contribution in [0.25, 0.3) is 11.4 Å². The van der Waals surface area contributed by atoms with Crippen LogP contribution in [-0.2, 0) is 6.54 Å². The zero-order valence-electron chi connectivity index (χ0n) is 15.8. The summed E-state index contributed by atoms with van der Waals surface area (Å²) in [4.78, 5) is 13.3. The fourth-order valence-corrected chi connectivity index (χ4v) is 2.72. The summed E-state index contributed by atoms with van der Waals surface area (Å²) in [5, 5.41) is 3.32. The third kappa shape index (κ3) is 4.25. The van der Waals surface area contributed by atoms with Crippen LogP contribution < -0.4 is 19.5 Å². The van der Waals surface area contributed by atoms with E-state index in [2.05, 4.69) is 20.3 Å². The molecule has 0 spiro atoms. The highest BCUT2D eigenvalue weighted by atomic mass is 16.5. The van der Waals surface area contributed by atoms with E-state index in [-0.39, 0.29) is 0 Å². The van der Waals surface area contributed by atoms with Crippen LogP contribution >= 0.6 is 0 Å². The summed E-state index contributed by atoms with van der Waals surface area (Å²) in [7, 11) is 4.82. The Labute approximate surface area is 158 Å². The average molecular weight is 366 g/mol. The SMILES string of the molecule is COc1cc(OC)c(OC)cc1CNc1cc(-c2ccccn2)nc(C)n1. The third-order valence-corrected chi connectivity index (χ3v) is 4.01. The summed E-state index contributed by atoms with van der Waals surface area (Å²) in [6.07, 6.45) is 1.74. The molecule has 1 N–H and O–H groups in total. The van der Waals surface area contributed by atoms with Crippen LogP contribution in [0.4, 0.5) is 5.82 Å². The summed E-state index contributed by atoms with van der Waals surface area (Å²) in [5.41, 5.74) is 2.49. The number of benzene rings is 1. The number of nitrogens with zero attached hydrogens (tertiary/aromatic N) is 3. The fraction of sp³-hybridized carbons (Fsp3) is 0.250. The molecule has 0 unspecified atom stereocenters. The van der Waals surface area contributed by atoms with Crippen molar-refractivity contribution in [2.24, 2.45) is 0 Å². The molecule has 3 rings (SSSR count). The Morgan fingerprint density at radius 3 is 2.26 bits per heavy atom. The zero-order valence-corrected chi connectivity index (χ0v) is 15.8. The van der Waals surface area contributed by atoms with Crippen LogP contribution in [0.2, 0.25) is 0 Å². The molecule has 0 aliphatic carbocycles. The molecule has 0 amide bonds. The molecule has 0 aliphatic rings. The van der Waals surface area contributed by atoms with Crippen LogP contribution in [0, 0.1) is 6.92 Å². The standard InChI is InChI=1S/C20H22N4O3/c1-13-23-16(15-7-5-6-8-21-15)10-20(24-13)22-12-14-9-18(26-3)19(27-4)11-17(14)25-2/h5-11H,12H2,1-4H3,(H,22,23,24). The van der Waals surface area contributed by atoms with Crippen molar-refractivity contribution in [1.29, 1.82) is 0 Å². The largest absolute Gasteiger partial charge is 0.496 e. The number of ether oxygens (including phenoxy) is 3. The van der Waals surface area contributed by atoms with E-state index in [1.54, 1.807) is 33.6 Å². The molecule has 3 aromatic rings. The molecule has 0 fully saturated rings. The second-order valence-electron chi connectivity index (χ2n) is 5.77. The van der Waals surface area contributed by atoms with Gasteiger partial charge in [-0.2, -0.15) is 0 Å². The quantitative estimate of drug-likeness (QED) is 0.686. The lowest BCUT2D eigenvalue weighted by molar-refractivity contribution is 0.347. The van der Waals surface area contributed by atoms with Crippen molar-refractivity contribution < 1.29 is 14.2 Å². The molecule has 140 valence electrons. The number of hydrogen-bond donors (Lipinski definition) is 1. The van der Waals surface area contributed by atoms with Crippen LogP contribution in [0.3, 0.4) is 0 Å². The lowest BCUT2D eigenvalue weighted by Crippen LogP contribution is -2.06. The van der Waals surface area contributed by atoms with Crippen LogP contribution in [0.15, 0.2) is 42.6 Å². The van der Waals surface area contributed by atoms with Gasteiger partial charge in [-0.05, 0) is 25.1 Å². The number of hydrogen-bond acceptors (Lipinski definition) is 7. The van der Waals surface area contributed by atoms with E-state index in [0.29, 0.717) is 35.4 Å². The first-order valence-electron chi connectivity index (χ1n) is 8.44. The van der Waals surface area contributed by atoms with E-state index in [1.165, 1.54) is 0 Å². The van der Waals surface area contributed by atoms with Gasteiger partial charge in [-0.3, -0.25) is 4.98 Å². The van der Waals surface area contributed by atoms with Crippen molar-refractivity contribution in [1.82, 2.24) is 15.0 Å². The van der Waals surface area contributed by atoms with Crippen LogP contribution in [-0.4, -0.2) is 36.3 Å². The van der Waals surface area contributed by atoms with Gasteiger partial charge in [0.1, 0.15) is 17.4 Å². The highest BCUT2D eigenvalue weighted by molar-refractivity contribution is 5.59. The molecule has 1 aromatic carbocycles. The number of methoxy groups -OCH3 is 3. The minimum absolute atomic E-state index is 0.502. The van der Waals surface area contributed by atoms with E-state index >= 15 is 0 Å². The van der Waals surface area contributed by atoms with Crippen molar-refractivity contribution in [3.8, 4) is 28.6 Å². The van der Waals surface area contributed by atoms with E-state index < -0.39 is 0 Å². The van der Waals surface area contributed by atoms with Gasteiger partial charge in [0.05, 0.1) is 32.7 Å². The monoisotopic (exact) mass is 366 g/mol. The second kappa shape index (κ2) is 8.35. The first kappa shape index (κ1) is 18.4. The topological polar surface area (TPSA) is 78.4 Å². The van der Waals surface area contributed by atoms with E-state index in [9.17, 15) is 0 Å². The first-order valence-corrected chi connectivity index (χ1v) is 8.44. The second-order valence-corrected chi connectivity index (χ2v) is 5.77. The number of anilines is 1. The Kier molecular flexibility index (Phi) is 5.71. The first-order chi connectivity index (χ1) is 13.1. The number of nitrogens with one attached hydrogen (secondary N) is 1. The van der Waals surface area contributed by atoms with Gasteiger partial charge < -0.3 is 19.5 Å². The van der Waals surface area contributed by atoms with Gasteiger partial charge in [0, 0.05) is 30.4 Å². The molecule has 0 saturated heterocycles. The molecule has 7 nitrogen and oxygen atoms in total. The summed E-state index contributed by atoms with van der Waals surface area (Å²) in [6, 6.07) is 11.3. The lowest BCUT2D eigenvalue weighted by Gasteiger charge is -2.15. The van der Waals surface area contributed by atoms with Crippen molar-refractivity contribution in [2.75, 3.05) is 26.6 Å². The molecular weight excluding hydrogens is 344 g/mol. The number of pyridine rings is 1. The highest BCUT2D eigenvalue weighted by Gasteiger charge is 2.12. The minimum atomic E-state index is 0.502. The van der Waals surface area contributed by atoms with Crippen molar-refractivity contribution in [2.45, 2.75) is 13.5 Å². The predicted molar refractivity (Wildman–Crippen MR) is 103 cm³/mol. The smallest absolute Gasteiger partial charge is 0.164 e. The number of rotatable bonds is 7. The van der Waals surface area contributed by atoms with Crippen LogP contribution in [0.1, 0.15) is 11.4 Å². The van der Waals surface area contributed by atoms with Crippen LogP contribution in [0.5, 0.6) is 17.2 Å². The molecule has 0 aliphatic heterocycles. The fourth-order valence-electron chi connectivity index (χ4n) is 2.72. The third-order valence-electron chi connectivity index (χ3n) is 4.01. The molecule has 0 radical (unpaired) electrons. The molecule has 0 saturated carbocycles. The van der Waals surface area contributed by atoms with Gasteiger partial charge in [-0.1, -0.05) is 6.07 Å². The summed E-state index contributed by atoms with van der Waals surface area (Å²) < 4.78 is 16.2. The van der Waals surface area contributed by atoms with Gasteiger partial charge in [0.15, 0.2) is 11.5 Å². The number of aromatic nitrogens is 3. The maximum absolute atomic E-state index is 5.47. The van der Waals surface area contributed by atoms with Gasteiger partial charge in [0.25, 0.3) is 0 Å². The Hall–Kier alpha value is -3.35. The zero-order chi connectivity index (χ0) is 19.2. The summed E-state index contributed by atoms with van der Waals surface area (Å²) >= 11 is 0. The maximum atomic E-state index is 5.47. The Morgan fingerprint density at radius 2 is 1.59 bits per heavy atom. The Balaban J connectivity index is 1.86. The molecule has 7 heteroatoms. The van der Waals surface area contributed by atoms with Gasteiger partial charge in [0.2, 0.25) is 0 Å². The van der Waals surface area contributed by atoms with Gasteiger partial charge in [-0.15, -0.1) is 0 Å². The highest BCUT2D eigenvalue weighted by Crippen LogP contribution is 2.35. The van der Waals surface area contributed by atoms with Crippen molar-refractivity contribution in [3.63, 3.8) is 0 Å². The van der Waals surface area contributed by atoms with Gasteiger partial charge in [-0.25, -0.2) is 9.97 Å². The predicted octanol–water partition coefficient (Wildman–Crippen LogP) is 3.48. The summed E-state index contributed by atoms with van der Waals surface area (Å²) in [6.45, 7) is 2.36. The Bertz CT molecular complexity index is 917. The molecule has 0 atom stereocenters. The van der Waals surface area contributed by atoms with E-state index in [0.717, 1.165) is 17.0 Å². The lowest BCUT2D eigenvalue weighted by atomic mass is 10.1. The van der Waals surface area contributed by atoms with E-state index in [4.69, 9.17) is 14.2 Å². The average Bonchev–Trinajstić information content (AvgIpc) is 2.71. The summed E-state index contributed by atoms with van der Waals surface area (Å²) in [5.74, 6) is 3.34. The molecule has 0 bridgehead atoms. The van der Waals surface area contributed by atoms with Crippen molar-refractivity contribution in [3.05, 3.63) is 54.0 Å². The molecule has 2 aromatic heterocycles. The molecule has 27 heavy (non-hydrogen) atoms. The van der Waals surface area contributed by atoms with E-state index in [1.807, 2.05) is 37.3 Å². The Morgan fingerprint density at radius 1 is 0.852 bits per heavy atom. The minimum Gasteiger partial charge on any atom is -0.496 e. The van der Waals surface area contributed by atoms with Crippen molar-refractivity contribution >= 4 is 5.82 Å². The van der Waals surface area contributed by atoms with Gasteiger partial charge >= 0.3 is 0 Å².